The molecule has 1 aliphatic rings. The Morgan fingerprint density at radius 1 is 1.60 bits per heavy atom. The van der Waals surface area contributed by atoms with Crippen LogP contribution in [0.1, 0.15) is 12.8 Å². The lowest BCUT2D eigenvalue weighted by atomic mass is 9.76. The lowest BCUT2D eigenvalue weighted by Gasteiger charge is -2.36. The lowest BCUT2D eigenvalue weighted by molar-refractivity contribution is -0.154. The van der Waals surface area contributed by atoms with Crippen molar-refractivity contribution in [3.63, 3.8) is 0 Å². The van der Waals surface area contributed by atoms with E-state index in [0.29, 0.717) is 0 Å². The van der Waals surface area contributed by atoms with E-state index in [-0.39, 0.29) is 25.2 Å². The number of alkyl carbamates (subject to hydrolysis) is 1. The van der Waals surface area contributed by atoms with E-state index in [1.54, 1.807) is 0 Å². The maximum absolute atomic E-state index is 11.1. The zero-order valence-electron chi connectivity index (χ0n) is 7.99. The number of carbonyl (C=O) groups is 3. The Hall–Kier alpha value is -1.85. The van der Waals surface area contributed by atoms with Crippen molar-refractivity contribution in [3.8, 4) is 0 Å². The summed E-state index contributed by atoms with van der Waals surface area (Å²) in [5.41, 5.74) is -1.48. The van der Waals surface area contributed by atoms with Gasteiger partial charge in [-0.3, -0.25) is 4.79 Å². The molecular weight excluding hydrogens is 202 g/mol. The molecule has 0 aromatic rings. The van der Waals surface area contributed by atoms with Crippen molar-refractivity contribution in [2.24, 2.45) is 0 Å². The Morgan fingerprint density at radius 2 is 2.20 bits per heavy atom. The van der Waals surface area contributed by atoms with Crippen LogP contribution in [0.4, 0.5) is 4.79 Å². The first-order valence-corrected chi connectivity index (χ1v) is 4.31. The van der Waals surface area contributed by atoms with Gasteiger partial charge in [0.15, 0.2) is 5.54 Å². The molecule has 2 N–H and O–H groups in total. The summed E-state index contributed by atoms with van der Waals surface area (Å²) in [4.78, 5) is 32.6. The second-order valence-corrected chi connectivity index (χ2v) is 3.29. The first kappa shape index (κ1) is 11.2. The number of amides is 1. The van der Waals surface area contributed by atoms with Crippen LogP contribution in [0.5, 0.6) is 0 Å². The lowest BCUT2D eigenvalue weighted by Crippen LogP contribution is -2.63. The van der Waals surface area contributed by atoms with Gasteiger partial charge in [-0.25, -0.2) is 9.59 Å². The molecule has 0 aromatic carbocycles. The maximum Gasteiger partial charge on any atom is 0.408 e. The number of carboxylic acid groups (broad SMARTS) is 1. The second kappa shape index (κ2) is 4.12. The molecule has 0 spiro atoms. The Labute approximate surface area is 85.9 Å². The molecule has 0 saturated heterocycles. The minimum Gasteiger partial charge on any atom is -0.479 e. The maximum atomic E-state index is 11.1. The van der Waals surface area contributed by atoms with Gasteiger partial charge in [-0.15, -0.1) is 0 Å². The number of hydrogen-bond acceptors (Lipinski definition) is 4. The third-order valence-electron chi connectivity index (χ3n) is 2.08. The van der Waals surface area contributed by atoms with E-state index in [1.165, 1.54) is 6.08 Å². The minimum atomic E-state index is -1.48. The average Bonchev–Trinajstić information content (AvgIpc) is 2.11. The van der Waals surface area contributed by atoms with Crippen molar-refractivity contribution in [2.45, 2.75) is 18.4 Å². The molecule has 0 bridgehead atoms. The van der Waals surface area contributed by atoms with E-state index < -0.39 is 17.6 Å². The van der Waals surface area contributed by atoms with Crippen LogP contribution in [0.2, 0.25) is 0 Å². The Kier molecular flexibility index (Phi) is 3.08. The molecule has 1 amide bonds. The van der Waals surface area contributed by atoms with Crippen LogP contribution < -0.4 is 5.32 Å². The van der Waals surface area contributed by atoms with Gasteiger partial charge in [0.2, 0.25) is 0 Å². The molecule has 0 aromatic heterocycles. The number of ether oxygens (including phenoxy) is 1. The van der Waals surface area contributed by atoms with Crippen molar-refractivity contribution in [2.75, 3.05) is 6.61 Å². The van der Waals surface area contributed by atoms with Crippen molar-refractivity contribution in [1.82, 2.24) is 5.32 Å². The zero-order chi connectivity index (χ0) is 11.5. The Bertz CT molecular complexity index is 314. The van der Waals surface area contributed by atoms with Gasteiger partial charge in [0.05, 0.1) is 0 Å². The topological polar surface area (TPSA) is 92.7 Å². The first-order valence-electron chi connectivity index (χ1n) is 4.31. The highest BCUT2D eigenvalue weighted by molar-refractivity contribution is 6.02. The van der Waals surface area contributed by atoms with Gasteiger partial charge >= 0.3 is 12.1 Å². The van der Waals surface area contributed by atoms with Crippen LogP contribution in [-0.4, -0.2) is 35.1 Å². The molecule has 0 heterocycles. The van der Waals surface area contributed by atoms with Crippen molar-refractivity contribution in [1.29, 1.82) is 0 Å². The Balaban J connectivity index is 2.53. The van der Waals surface area contributed by atoms with Gasteiger partial charge in [0.1, 0.15) is 12.4 Å². The first-order chi connectivity index (χ1) is 7.00. The highest BCUT2D eigenvalue weighted by atomic mass is 16.5. The molecule has 0 radical (unpaired) electrons. The third-order valence-corrected chi connectivity index (χ3v) is 2.08. The fourth-order valence-electron chi connectivity index (χ4n) is 1.28. The van der Waals surface area contributed by atoms with Crippen LogP contribution in [0.25, 0.3) is 0 Å². The average molecular weight is 213 g/mol. The van der Waals surface area contributed by atoms with E-state index >= 15 is 0 Å². The van der Waals surface area contributed by atoms with E-state index in [1.807, 2.05) is 0 Å². The smallest absolute Gasteiger partial charge is 0.408 e. The summed E-state index contributed by atoms with van der Waals surface area (Å²) in [7, 11) is 0. The Morgan fingerprint density at radius 3 is 2.60 bits per heavy atom. The van der Waals surface area contributed by atoms with Crippen molar-refractivity contribution in [3.05, 3.63) is 12.7 Å². The summed E-state index contributed by atoms with van der Waals surface area (Å²) in [6, 6.07) is 0. The predicted molar refractivity (Wildman–Crippen MR) is 49.3 cm³/mol. The van der Waals surface area contributed by atoms with Crippen molar-refractivity contribution >= 4 is 17.8 Å². The standard InChI is InChI=1S/C9H11NO5/c1-2-3-15-8(14)10-9(7(12)13)4-6(11)5-9/h2H,1,3-5H2,(H,10,14)(H,12,13). The molecular formula is C9H11NO5. The number of nitrogens with one attached hydrogen (secondary N) is 1. The number of ketones is 1. The third kappa shape index (κ3) is 2.34. The van der Waals surface area contributed by atoms with Crippen LogP contribution in [0.15, 0.2) is 12.7 Å². The molecule has 6 heteroatoms. The number of hydrogen-bond donors (Lipinski definition) is 2. The van der Waals surface area contributed by atoms with Gasteiger partial charge in [-0.05, 0) is 0 Å². The molecule has 15 heavy (non-hydrogen) atoms. The number of aliphatic carboxylic acids is 1. The van der Waals surface area contributed by atoms with Crippen molar-refractivity contribution < 1.29 is 24.2 Å². The van der Waals surface area contributed by atoms with Gasteiger partial charge in [-0.2, -0.15) is 0 Å². The number of carbonyl (C=O) groups excluding carboxylic acids is 2. The summed E-state index contributed by atoms with van der Waals surface area (Å²) in [5, 5.41) is 11.0. The quantitative estimate of drug-likeness (QED) is 0.645. The highest BCUT2D eigenvalue weighted by Crippen LogP contribution is 2.28. The molecule has 1 rings (SSSR count). The normalized spacial score (nSPS) is 17.5. The molecule has 82 valence electrons. The van der Waals surface area contributed by atoms with Crippen LogP contribution in [0, 0.1) is 0 Å². The molecule has 0 aliphatic heterocycles. The molecule has 0 unspecified atom stereocenters. The van der Waals surface area contributed by atoms with Crippen LogP contribution in [-0.2, 0) is 14.3 Å². The SMILES string of the molecule is C=CCOC(=O)NC1(C(=O)O)CC(=O)C1. The molecule has 1 aliphatic carbocycles. The summed E-state index contributed by atoms with van der Waals surface area (Å²) >= 11 is 0. The fourth-order valence-corrected chi connectivity index (χ4v) is 1.28. The monoisotopic (exact) mass is 213 g/mol. The van der Waals surface area contributed by atoms with E-state index in [9.17, 15) is 14.4 Å². The van der Waals surface area contributed by atoms with E-state index in [4.69, 9.17) is 5.11 Å². The summed E-state index contributed by atoms with van der Waals surface area (Å²) in [6.07, 6.45) is 0.125. The van der Waals surface area contributed by atoms with Gasteiger partial charge in [0, 0.05) is 12.8 Å². The fraction of sp³-hybridized carbons (Fsp3) is 0.444. The predicted octanol–water partition coefficient (Wildman–Crippen LogP) is 0.0849. The minimum absolute atomic E-state index is 0.00449. The summed E-state index contributed by atoms with van der Waals surface area (Å²) < 4.78 is 4.57. The number of rotatable bonds is 4. The molecule has 6 nitrogen and oxygen atoms in total. The molecule has 1 fully saturated rings. The van der Waals surface area contributed by atoms with E-state index in [2.05, 4.69) is 16.6 Å². The van der Waals surface area contributed by atoms with Gasteiger partial charge in [-0.1, -0.05) is 12.7 Å². The second-order valence-electron chi connectivity index (χ2n) is 3.29. The largest absolute Gasteiger partial charge is 0.479 e. The summed E-state index contributed by atoms with van der Waals surface area (Å²) in [6.45, 7) is 3.33. The van der Waals surface area contributed by atoms with Gasteiger partial charge < -0.3 is 15.2 Å². The number of Topliss-reactive ketones (excluding diaryl/α,β-unsaturated/α-hetero) is 1. The zero-order valence-corrected chi connectivity index (χ0v) is 7.99. The van der Waals surface area contributed by atoms with Crippen LogP contribution >= 0.6 is 0 Å². The molecule has 1 saturated carbocycles. The van der Waals surface area contributed by atoms with E-state index in [0.717, 1.165) is 0 Å². The van der Waals surface area contributed by atoms with Gasteiger partial charge in [0.25, 0.3) is 0 Å². The van der Waals surface area contributed by atoms with Crippen LogP contribution in [0.3, 0.4) is 0 Å². The summed E-state index contributed by atoms with van der Waals surface area (Å²) in [5.74, 6) is -1.42. The molecule has 0 atom stereocenters. The highest BCUT2D eigenvalue weighted by Gasteiger charge is 2.51. The number of carboxylic acids is 1.